The van der Waals surface area contributed by atoms with Gasteiger partial charge in [-0.2, -0.15) is 13.2 Å². The third-order valence-corrected chi connectivity index (χ3v) is 6.58. The molecule has 0 aliphatic carbocycles. The van der Waals surface area contributed by atoms with Crippen LogP contribution in [-0.4, -0.2) is 42.0 Å². The lowest BCUT2D eigenvalue weighted by molar-refractivity contribution is -0.137. The first-order valence-corrected chi connectivity index (χ1v) is 10.4. The quantitative estimate of drug-likeness (QED) is 0.505. The van der Waals surface area contributed by atoms with Crippen molar-refractivity contribution in [2.45, 2.75) is 6.18 Å². The maximum Gasteiger partial charge on any atom is 0.417 e. The van der Waals surface area contributed by atoms with Gasteiger partial charge in [0.05, 0.1) is 10.6 Å². The van der Waals surface area contributed by atoms with Gasteiger partial charge in [0, 0.05) is 53.4 Å². The number of nitrogens with zero attached hydrogens (tertiary/aromatic N) is 3. The molecule has 1 aliphatic heterocycles. The number of benzene rings is 1. The van der Waals surface area contributed by atoms with E-state index < -0.39 is 11.7 Å². The third-order valence-electron chi connectivity index (χ3n) is 4.93. The summed E-state index contributed by atoms with van der Waals surface area (Å²) in [6.45, 7) is 1.93. The van der Waals surface area contributed by atoms with Gasteiger partial charge in [-0.1, -0.05) is 29.8 Å². The van der Waals surface area contributed by atoms with E-state index in [1.807, 2.05) is 29.2 Å². The molecule has 3 heterocycles. The summed E-state index contributed by atoms with van der Waals surface area (Å²) < 4.78 is 39.1. The number of hydrogen-bond donors (Lipinski definition) is 0. The van der Waals surface area contributed by atoms with Gasteiger partial charge < -0.3 is 9.80 Å². The first kappa shape index (κ1) is 20.7. The Bertz CT molecular complexity index is 1090. The van der Waals surface area contributed by atoms with Crippen LogP contribution in [0.2, 0.25) is 5.02 Å². The molecule has 4 nitrogen and oxygen atoms in total. The van der Waals surface area contributed by atoms with Crippen LogP contribution in [0, 0.1) is 0 Å². The van der Waals surface area contributed by atoms with Gasteiger partial charge in [0.2, 0.25) is 5.91 Å². The fraction of sp³-hybridized carbons (Fsp3) is 0.238. The summed E-state index contributed by atoms with van der Waals surface area (Å²) in [7, 11) is 0. The molecule has 4 rings (SSSR count). The first-order valence-electron chi connectivity index (χ1n) is 9.25. The Balaban J connectivity index is 1.37. The highest BCUT2D eigenvalue weighted by atomic mass is 35.5. The van der Waals surface area contributed by atoms with Gasteiger partial charge in [-0.05, 0) is 24.3 Å². The Morgan fingerprint density at radius 2 is 1.83 bits per heavy atom. The average Bonchev–Trinajstić information content (AvgIpc) is 3.07. The van der Waals surface area contributed by atoms with E-state index in [-0.39, 0.29) is 5.91 Å². The van der Waals surface area contributed by atoms with Gasteiger partial charge in [-0.25, -0.2) is 4.98 Å². The molecule has 0 bridgehead atoms. The molecule has 1 fully saturated rings. The molecular formula is C21H17ClF3N3OS. The number of carbonyl (C=O) groups excluding carboxylic acids is 1. The third kappa shape index (κ3) is 4.29. The summed E-state index contributed by atoms with van der Waals surface area (Å²) >= 11 is 7.93. The standard InChI is InChI=1S/C21H17ClF3N3OS/c22-20-15-3-1-2-4-16(15)30-17(20)6-8-19(29)28-11-9-27(10-12-28)18-7-5-14(13-26-18)21(23,24)25/h1-8,13H,9-12H2/b8-6+. The Morgan fingerprint density at radius 3 is 2.47 bits per heavy atom. The van der Waals surface area contributed by atoms with Crippen molar-refractivity contribution in [2.75, 3.05) is 31.1 Å². The van der Waals surface area contributed by atoms with E-state index in [9.17, 15) is 18.0 Å². The Labute approximate surface area is 180 Å². The molecule has 0 radical (unpaired) electrons. The molecule has 30 heavy (non-hydrogen) atoms. The number of alkyl halides is 3. The number of carbonyl (C=O) groups is 1. The average molecular weight is 452 g/mol. The highest BCUT2D eigenvalue weighted by molar-refractivity contribution is 7.20. The van der Waals surface area contributed by atoms with E-state index in [1.54, 1.807) is 11.0 Å². The summed E-state index contributed by atoms with van der Waals surface area (Å²) in [5, 5.41) is 1.60. The van der Waals surface area contributed by atoms with Crippen molar-refractivity contribution < 1.29 is 18.0 Å². The van der Waals surface area contributed by atoms with Gasteiger partial charge in [0.25, 0.3) is 0 Å². The number of piperazine rings is 1. The van der Waals surface area contributed by atoms with Crippen molar-refractivity contribution in [1.29, 1.82) is 0 Å². The summed E-state index contributed by atoms with van der Waals surface area (Å²) in [4.78, 5) is 20.9. The lowest BCUT2D eigenvalue weighted by Gasteiger charge is -2.35. The predicted molar refractivity (Wildman–Crippen MR) is 114 cm³/mol. The van der Waals surface area contributed by atoms with Crippen molar-refractivity contribution in [1.82, 2.24) is 9.88 Å². The number of fused-ring (bicyclic) bond motifs is 1. The van der Waals surface area contributed by atoms with Crippen LogP contribution in [0.5, 0.6) is 0 Å². The summed E-state index contributed by atoms with van der Waals surface area (Å²) in [5.41, 5.74) is -0.773. The van der Waals surface area contributed by atoms with Crippen LogP contribution >= 0.6 is 22.9 Å². The number of aromatic nitrogens is 1. The fourth-order valence-corrected chi connectivity index (χ4v) is 4.69. The Hall–Kier alpha value is -2.58. The van der Waals surface area contributed by atoms with E-state index in [2.05, 4.69) is 4.98 Å². The topological polar surface area (TPSA) is 36.4 Å². The number of halogens is 4. The lowest BCUT2D eigenvalue weighted by Crippen LogP contribution is -2.48. The van der Waals surface area contributed by atoms with Gasteiger partial charge in [-0.3, -0.25) is 4.79 Å². The molecule has 0 saturated carbocycles. The van der Waals surface area contributed by atoms with Gasteiger partial charge in [0.15, 0.2) is 0 Å². The van der Waals surface area contributed by atoms with E-state index in [0.29, 0.717) is 37.0 Å². The zero-order chi connectivity index (χ0) is 21.3. The molecule has 0 N–H and O–H groups in total. The van der Waals surface area contributed by atoms with E-state index in [1.165, 1.54) is 23.5 Å². The molecule has 0 spiro atoms. The molecule has 1 amide bonds. The second-order valence-electron chi connectivity index (χ2n) is 6.82. The minimum Gasteiger partial charge on any atom is -0.353 e. The fourth-order valence-electron chi connectivity index (χ4n) is 3.29. The van der Waals surface area contributed by atoms with Crippen LogP contribution < -0.4 is 4.90 Å². The van der Waals surface area contributed by atoms with Crippen LogP contribution in [-0.2, 0) is 11.0 Å². The van der Waals surface area contributed by atoms with Crippen molar-refractivity contribution in [3.05, 3.63) is 64.1 Å². The smallest absolute Gasteiger partial charge is 0.353 e. The first-order chi connectivity index (χ1) is 14.3. The van der Waals surface area contributed by atoms with Crippen LogP contribution in [0.3, 0.4) is 0 Å². The number of hydrogen-bond acceptors (Lipinski definition) is 4. The van der Waals surface area contributed by atoms with Crippen LogP contribution in [0.25, 0.3) is 16.2 Å². The SMILES string of the molecule is O=C(/C=C/c1sc2ccccc2c1Cl)N1CCN(c2ccc(C(F)(F)F)cn2)CC1. The second-order valence-corrected chi connectivity index (χ2v) is 8.29. The highest BCUT2D eigenvalue weighted by Gasteiger charge is 2.31. The molecule has 0 unspecified atom stereocenters. The molecule has 0 atom stereocenters. The minimum absolute atomic E-state index is 0.122. The zero-order valence-electron chi connectivity index (χ0n) is 15.7. The lowest BCUT2D eigenvalue weighted by atomic mass is 10.2. The van der Waals surface area contributed by atoms with Gasteiger partial charge >= 0.3 is 6.18 Å². The van der Waals surface area contributed by atoms with Gasteiger partial charge in [-0.15, -0.1) is 11.3 Å². The number of rotatable bonds is 3. The Kier molecular flexibility index (Phi) is 5.71. The molecule has 1 saturated heterocycles. The maximum atomic E-state index is 12.7. The summed E-state index contributed by atoms with van der Waals surface area (Å²) in [5.74, 6) is 0.353. The summed E-state index contributed by atoms with van der Waals surface area (Å²) in [6, 6.07) is 10.2. The van der Waals surface area contributed by atoms with Crippen molar-refractivity contribution in [2.24, 2.45) is 0 Å². The van der Waals surface area contributed by atoms with E-state index in [0.717, 1.165) is 27.2 Å². The van der Waals surface area contributed by atoms with Crippen molar-refractivity contribution in [3.63, 3.8) is 0 Å². The number of pyridine rings is 1. The number of amides is 1. The van der Waals surface area contributed by atoms with Crippen LogP contribution in [0.15, 0.2) is 48.7 Å². The normalized spacial score (nSPS) is 15.3. The zero-order valence-corrected chi connectivity index (χ0v) is 17.3. The van der Waals surface area contributed by atoms with E-state index >= 15 is 0 Å². The van der Waals surface area contributed by atoms with E-state index in [4.69, 9.17) is 11.6 Å². The Morgan fingerprint density at radius 1 is 1.10 bits per heavy atom. The molecule has 3 aromatic rings. The largest absolute Gasteiger partial charge is 0.417 e. The minimum atomic E-state index is -4.40. The number of thiophene rings is 1. The molecular weight excluding hydrogens is 435 g/mol. The predicted octanol–water partition coefficient (Wildman–Crippen LogP) is 5.33. The van der Waals surface area contributed by atoms with Gasteiger partial charge in [0.1, 0.15) is 5.82 Å². The molecule has 1 aromatic carbocycles. The van der Waals surface area contributed by atoms with Crippen LogP contribution in [0.4, 0.5) is 19.0 Å². The van der Waals surface area contributed by atoms with Crippen molar-refractivity contribution >= 4 is 50.8 Å². The van der Waals surface area contributed by atoms with Crippen molar-refractivity contribution in [3.8, 4) is 0 Å². The monoisotopic (exact) mass is 451 g/mol. The molecule has 1 aliphatic rings. The molecule has 156 valence electrons. The number of anilines is 1. The molecule has 2 aromatic heterocycles. The summed E-state index contributed by atoms with van der Waals surface area (Å²) in [6.07, 6.45) is -0.313. The second kappa shape index (κ2) is 8.28. The van der Waals surface area contributed by atoms with Crippen LogP contribution in [0.1, 0.15) is 10.4 Å². The molecule has 9 heteroatoms. The maximum absolute atomic E-state index is 12.7. The highest BCUT2D eigenvalue weighted by Crippen LogP contribution is 2.36.